The fraction of sp³-hybridized carbons (Fsp3) is 0.875. The van der Waals surface area contributed by atoms with Gasteiger partial charge in [-0.3, -0.25) is 9.36 Å². The third kappa shape index (κ3) is 53.5. The van der Waals surface area contributed by atoms with Crippen LogP contribution >= 0.6 is 7.82 Å². The molecule has 0 aromatic carbocycles. The number of esters is 1. The van der Waals surface area contributed by atoms with E-state index in [1.54, 1.807) is 0 Å². The van der Waals surface area contributed by atoms with E-state index in [1.807, 2.05) is 21.1 Å². The molecular formula is C56H108NO7P. The Kier molecular flexibility index (Phi) is 48.2. The van der Waals surface area contributed by atoms with E-state index in [2.05, 4.69) is 50.3 Å². The van der Waals surface area contributed by atoms with E-state index in [9.17, 15) is 14.3 Å². The Morgan fingerprint density at radius 1 is 0.477 bits per heavy atom. The summed E-state index contributed by atoms with van der Waals surface area (Å²) in [7, 11) is 1.36. The van der Waals surface area contributed by atoms with Crippen LogP contribution in [0.25, 0.3) is 0 Å². The van der Waals surface area contributed by atoms with Crippen molar-refractivity contribution in [3.05, 3.63) is 36.5 Å². The summed E-state index contributed by atoms with van der Waals surface area (Å²) >= 11 is 0. The number of hydrogen-bond acceptors (Lipinski definition) is 7. The molecule has 65 heavy (non-hydrogen) atoms. The lowest BCUT2D eigenvalue weighted by molar-refractivity contribution is -0.870. The molecular weight excluding hydrogens is 830 g/mol. The number of hydrogen-bond donors (Lipinski definition) is 0. The van der Waals surface area contributed by atoms with Crippen molar-refractivity contribution in [3.63, 3.8) is 0 Å². The van der Waals surface area contributed by atoms with Crippen LogP contribution in [0.5, 0.6) is 0 Å². The van der Waals surface area contributed by atoms with E-state index in [-0.39, 0.29) is 25.8 Å². The maximum absolute atomic E-state index is 12.8. The average Bonchev–Trinajstić information content (AvgIpc) is 3.27. The summed E-state index contributed by atoms with van der Waals surface area (Å²) in [6, 6.07) is 0. The van der Waals surface area contributed by atoms with Crippen LogP contribution in [0, 0.1) is 0 Å². The van der Waals surface area contributed by atoms with Crippen LogP contribution in [0.15, 0.2) is 36.5 Å². The van der Waals surface area contributed by atoms with Gasteiger partial charge in [0, 0.05) is 13.0 Å². The van der Waals surface area contributed by atoms with E-state index < -0.39 is 13.9 Å². The van der Waals surface area contributed by atoms with Gasteiger partial charge in [0.15, 0.2) is 0 Å². The van der Waals surface area contributed by atoms with Gasteiger partial charge >= 0.3 is 5.97 Å². The first-order valence-corrected chi connectivity index (χ1v) is 29.2. The summed E-state index contributed by atoms with van der Waals surface area (Å²) < 4.78 is 34.8. The highest BCUT2D eigenvalue weighted by Crippen LogP contribution is 2.38. The van der Waals surface area contributed by atoms with Crippen molar-refractivity contribution < 1.29 is 37.3 Å². The van der Waals surface area contributed by atoms with Crippen molar-refractivity contribution in [1.29, 1.82) is 0 Å². The minimum absolute atomic E-state index is 0.0257. The van der Waals surface area contributed by atoms with Crippen LogP contribution in [0.2, 0.25) is 0 Å². The summed E-state index contributed by atoms with van der Waals surface area (Å²) in [4.78, 5) is 25.2. The minimum Gasteiger partial charge on any atom is -0.756 e. The van der Waals surface area contributed by atoms with Crippen LogP contribution in [-0.4, -0.2) is 70.7 Å². The van der Waals surface area contributed by atoms with Crippen molar-refractivity contribution in [3.8, 4) is 0 Å². The molecule has 384 valence electrons. The van der Waals surface area contributed by atoms with Gasteiger partial charge in [0.2, 0.25) is 0 Å². The molecule has 0 saturated heterocycles. The van der Waals surface area contributed by atoms with Gasteiger partial charge in [0.1, 0.15) is 19.3 Å². The molecule has 0 aromatic heterocycles. The van der Waals surface area contributed by atoms with Crippen LogP contribution in [0.3, 0.4) is 0 Å². The first kappa shape index (κ1) is 63.7. The molecule has 8 nitrogen and oxygen atoms in total. The van der Waals surface area contributed by atoms with Crippen LogP contribution in [0.1, 0.15) is 258 Å². The first-order chi connectivity index (χ1) is 31.6. The second-order valence-electron chi connectivity index (χ2n) is 19.9. The van der Waals surface area contributed by atoms with E-state index >= 15 is 0 Å². The molecule has 2 unspecified atom stereocenters. The second kappa shape index (κ2) is 49.2. The van der Waals surface area contributed by atoms with Crippen molar-refractivity contribution in [2.45, 2.75) is 264 Å². The Morgan fingerprint density at radius 2 is 0.846 bits per heavy atom. The van der Waals surface area contributed by atoms with Crippen LogP contribution in [-0.2, 0) is 27.9 Å². The zero-order chi connectivity index (χ0) is 47.6. The molecule has 0 radical (unpaired) electrons. The van der Waals surface area contributed by atoms with Gasteiger partial charge in [-0.2, -0.15) is 0 Å². The molecule has 0 aliphatic carbocycles. The zero-order valence-electron chi connectivity index (χ0n) is 43.7. The highest BCUT2D eigenvalue weighted by Gasteiger charge is 2.20. The summed E-state index contributed by atoms with van der Waals surface area (Å²) in [6.07, 6.45) is 60.3. The predicted octanol–water partition coefficient (Wildman–Crippen LogP) is 16.7. The van der Waals surface area contributed by atoms with E-state index in [1.165, 1.54) is 199 Å². The van der Waals surface area contributed by atoms with Crippen molar-refractivity contribution in [1.82, 2.24) is 0 Å². The quantitative estimate of drug-likeness (QED) is 0.0197. The van der Waals surface area contributed by atoms with E-state index in [4.69, 9.17) is 18.5 Å². The third-order valence-corrected chi connectivity index (χ3v) is 13.1. The van der Waals surface area contributed by atoms with Crippen LogP contribution < -0.4 is 4.89 Å². The van der Waals surface area contributed by atoms with Crippen LogP contribution in [0.4, 0.5) is 0 Å². The fourth-order valence-electron chi connectivity index (χ4n) is 7.87. The number of unbranched alkanes of at least 4 members (excludes halogenated alkanes) is 32. The molecule has 0 rings (SSSR count). The monoisotopic (exact) mass is 938 g/mol. The standard InChI is InChI=1S/C56H108NO7P/c1-6-8-10-12-14-16-18-20-22-24-26-28-30-32-34-36-38-40-42-44-46-48-51-61-53-55(54-63-65(59,60)62-52-50-57(3,4)5)64-56(58)49-47-45-43-41-39-37-35-33-31-29-27-25-23-21-19-17-15-13-11-9-7-2/h18,20,24-27,55H,6-17,19,21-23,28-54H2,1-5H3/b20-18-,26-24-,27-25-. The van der Waals surface area contributed by atoms with Crippen molar-refractivity contribution in [2.24, 2.45) is 0 Å². The molecule has 0 aromatic rings. The van der Waals surface area contributed by atoms with Gasteiger partial charge in [-0.25, -0.2) is 0 Å². The number of ether oxygens (including phenoxy) is 2. The molecule has 0 bridgehead atoms. The lowest BCUT2D eigenvalue weighted by Crippen LogP contribution is -2.37. The van der Waals surface area contributed by atoms with Gasteiger partial charge in [-0.15, -0.1) is 0 Å². The molecule has 0 aliphatic rings. The maximum Gasteiger partial charge on any atom is 0.306 e. The van der Waals surface area contributed by atoms with Gasteiger partial charge in [0.25, 0.3) is 7.82 Å². The highest BCUT2D eigenvalue weighted by molar-refractivity contribution is 7.45. The highest BCUT2D eigenvalue weighted by atomic mass is 31.2. The van der Waals surface area contributed by atoms with E-state index in [0.717, 1.165) is 38.5 Å². The molecule has 0 amide bonds. The number of carbonyl (C=O) groups is 1. The molecule has 0 fully saturated rings. The van der Waals surface area contributed by atoms with Gasteiger partial charge in [0.05, 0.1) is 34.4 Å². The minimum atomic E-state index is -4.53. The summed E-state index contributed by atoms with van der Waals surface area (Å²) in [5.74, 6) is -0.334. The van der Waals surface area contributed by atoms with Gasteiger partial charge < -0.3 is 27.9 Å². The summed E-state index contributed by atoms with van der Waals surface area (Å²) in [5, 5.41) is 0. The Bertz CT molecular complexity index is 1140. The first-order valence-electron chi connectivity index (χ1n) is 27.7. The zero-order valence-corrected chi connectivity index (χ0v) is 44.6. The third-order valence-electron chi connectivity index (χ3n) is 12.2. The summed E-state index contributed by atoms with van der Waals surface area (Å²) in [6.45, 7) is 5.44. The van der Waals surface area contributed by atoms with Crippen molar-refractivity contribution >= 4 is 13.8 Å². The lowest BCUT2D eigenvalue weighted by Gasteiger charge is -2.28. The average molecular weight is 938 g/mol. The van der Waals surface area contributed by atoms with E-state index in [0.29, 0.717) is 24.1 Å². The Hall–Kier alpha value is -1.28. The number of phosphoric ester groups is 1. The number of carbonyl (C=O) groups excluding carboxylic acids is 1. The predicted molar refractivity (Wildman–Crippen MR) is 277 cm³/mol. The summed E-state index contributed by atoms with van der Waals surface area (Å²) in [5.41, 5.74) is 0. The number of nitrogens with zero attached hydrogens (tertiary/aromatic N) is 1. The smallest absolute Gasteiger partial charge is 0.306 e. The number of likely N-dealkylation sites (N-methyl/N-ethyl adjacent to an activating group) is 1. The number of rotatable bonds is 52. The fourth-order valence-corrected chi connectivity index (χ4v) is 8.60. The Balaban J connectivity index is 4.10. The molecule has 0 aliphatic heterocycles. The molecule has 0 saturated carbocycles. The maximum atomic E-state index is 12.8. The van der Waals surface area contributed by atoms with Crippen molar-refractivity contribution in [2.75, 3.05) is 54.1 Å². The molecule has 2 atom stereocenters. The Morgan fingerprint density at radius 3 is 1.26 bits per heavy atom. The number of phosphoric acid groups is 1. The normalized spacial score (nSPS) is 13.8. The second-order valence-corrected chi connectivity index (χ2v) is 21.3. The molecule has 0 N–H and O–H groups in total. The number of allylic oxidation sites excluding steroid dienone is 6. The molecule has 9 heteroatoms. The largest absolute Gasteiger partial charge is 0.756 e. The number of quaternary nitrogens is 1. The topological polar surface area (TPSA) is 94.1 Å². The lowest BCUT2D eigenvalue weighted by atomic mass is 10.1. The van der Waals surface area contributed by atoms with Gasteiger partial charge in [-0.1, -0.05) is 217 Å². The Labute approximate surface area is 404 Å². The SMILES string of the molecule is CCCCCCC/C=C\C/C=C\CCCCCCCCCCCCOCC(COP(=O)([O-])OCC[N+](C)(C)C)OC(=O)CCCCCCCCCCC/C=C\CCCCCCCCCC. The van der Waals surface area contributed by atoms with Gasteiger partial charge in [-0.05, 0) is 70.6 Å². The molecule has 0 heterocycles. The molecule has 0 spiro atoms.